The number of hydrogen-bond acceptors (Lipinski definition) is 5. The van der Waals surface area contributed by atoms with Crippen LogP contribution < -0.4 is 5.73 Å². The topological polar surface area (TPSA) is 121 Å². The zero-order valence-corrected chi connectivity index (χ0v) is 18.3. The van der Waals surface area contributed by atoms with E-state index in [0.29, 0.717) is 12.0 Å². The third-order valence-corrected chi connectivity index (χ3v) is 6.04. The summed E-state index contributed by atoms with van der Waals surface area (Å²) in [6.45, 7) is 3.65. The molecule has 0 bridgehead atoms. The summed E-state index contributed by atoms with van der Waals surface area (Å²) in [4.78, 5) is 13.0. The van der Waals surface area contributed by atoms with Gasteiger partial charge in [0.05, 0.1) is 17.5 Å². The van der Waals surface area contributed by atoms with E-state index in [9.17, 15) is 23.4 Å². The van der Waals surface area contributed by atoms with Crippen LogP contribution in [0, 0.1) is 0 Å². The van der Waals surface area contributed by atoms with Gasteiger partial charge in [-0.25, -0.2) is 13.2 Å². The Morgan fingerprint density at radius 2 is 1.73 bits per heavy atom. The first kappa shape index (κ1) is 23.9. The predicted molar refractivity (Wildman–Crippen MR) is 116 cm³/mol. The molecule has 2 atom stereocenters. The van der Waals surface area contributed by atoms with E-state index in [1.165, 1.54) is 6.07 Å². The Labute approximate surface area is 178 Å². The molecule has 0 saturated carbocycles. The fraction of sp³-hybridized carbons (Fsp3) is 0.409. The van der Waals surface area contributed by atoms with Crippen LogP contribution in [0.15, 0.2) is 53.4 Å². The van der Waals surface area contributed by atoms with Gasteiger partial charge in [0, 0.05) is 18.8 Å². The molecule has 2 aromatic rings. The molecule has 0 aliphatic carbocycles. The Kier molecular flexibility index (Phi) is 8.00. The third kappa shape index (κ3) is 6.83. The summed E-state index contributed by atoms with van der Waals surface area (Å²) in [5, 5.41) is 20.1. The molecule has 0 fully saturated rings. The Morgan fingerprint density at radius 1 is 1.10 bits per heavy atom. The second-order valence-corrected chi connectivity index (χ2v) is 9.94. The van der Waals surface area contributed by atoms with Crippen LogP contribution in [-0.4, -0.2) is 54.6 Å². The molecule has 2 aromatic carbocycles. The number of rotatable bonds is 9. The minimum atomic E-state index is -3.44. The van der Waals surface area contributed by atoms with Crippen molar-refractivity contribution < 1.29 is 23.4 Å². The summed E-state index contributed by atoms with van der Waals surface area (Å²) in [6.07, 6.45) is -0.741. The van der Waals surface area contributed by atoms with E-state index in [1.54, 1.807) is 12.1 Å². The van der Waals surface area contributed by atoms with E-state index >= 15 is 0 Å². The van der Waals surface area contributed by atoms with Crippen LogP contribution in [-0.2, 0) is 22.8 Å². The predicted octanol–water partition coefficient (Wildman–Crippen LogP) is 2.62. The van der Waals surface area contributed by atoms with Crippen molar-refractivity contribution in [3.05, 3.63) is 65.2 Å². The molecule has 0 spiro atoms. The lowest BCUT2D eigenvalue weighted by Crippen LogP contribution is -2.46. The van der Waals surface area contributed by atoms with E-state index in [2.05, 4.69) is 0 Å². The Bertz CT molecular complexity index is 961. The molecule has 0 aliphatic heterocycles. The van der Waals surface area contributed by atoms with Gasteiger partial charge in [-0.3, -0.25) is 0 Å². The normalized spacial score (nSPS) is 13.8. The summed E-state index contributed by atoms with van der Waals surface area (Å²) in [7, 11) is -3.44. The molecule has 0 aromatic heterocycles. The van der Waals surface area contributed by atoms with Gasteiger partial charge in [-0.2, -0.15) is 0 Å². The van der Waals surface area contributed by atoms with Crippen LogP contribution in [0.2, 0.25) is 0 Å². The highest BCUT2D eigenvalue weighted by molar-refractivity contribution is 7.90. The number of hydrogen-bond donors (Lipinski definition) is 3. The number of carboxylic acid groups (broad SMARTS) is 1. The quantitative estimate of drug-likeness (QED) is 0.558. The molecule has 0 radical (unpaired) electrons. The Morgan fingerprint density at radius 3 is 2.27 bits per heavy atom. The van der Waals surface area contributed by atoms with Crippen LogP contribution in [0.4, 0.5) is 4.79 Å². The number of benzene rings is 2. The van der Waals surface area contributed by atoms with Gasteiger partial charge in [-0.1, -0.05) is 50.2 Å². The molecule has 0 aliphatic rings. The molecule has 8 heteroatoms. The number of nitrogens with zero attached hydrogens (tertiary/aromatic N) is 1. The van der Waals surface area contributed by atoms with Crippen LogP contribution in [0.25, 0.3) is 0 Å². The number of aliphatic hydroxyl groups excluding tert-OH is 1. The monoisotopic (exact) mass is 434 g/mol. The number of amides is 1. The van der Waals surface area contributed by atoms with E-state index in [-0.39, 0.29) is 23.9 Å². The van der Waals surface area contributed by atoms with Gasteiger partial charge in [0.25, 0.3) is 0 Å². The van der Waals surface area contributed by atoms with Crippen molar-refractivity contribution in [2.45, 2.75) is 49.8 Å². The zero-order valence-electron chi connectivity index (χ0n) is 17.5. The fourth-order valence-electron chi connectivity index (χ4n) is 3.14. The van der Waals surface area contributed by atoms with Crippen molar-refractivity contribution in [1.82, 2.24) is 4.90 Å². The lowest BCUT2D eigenvalue weighted by molar-refractivity contribution is 0.0795. The van der Waals surface area contributed by atoms with Crippen molar-refractivity contribution in [1.29, 1.82) is 0 Å². The van der Waals surface area contributed by atoms with Crippen molar-refractivity contribution in [2.75, 3.05) is 12.8 Å². The maximum Gasteiger partial charge on any atom is 0.407 e. The van der Waals surface area contributed by atoms with E-state index in [4.69, 9.17) is 5.73 Å². The van der Waals surface area contributed by atoms with Crippen molar-refractivity contribution >= 4 is 15.9 Å². The Hall–Kier alpha value is -2.42. The smallest absolute Gasteiger partial charge is 0.407 e. The summed E-state index contributed by atoms with van der Waals surface area (Å²) in [5.41, 5.74) is 8.39. The average molecular weight is 435 g/mol. The molecule has 7 nitrogen and oxygen atoms in total. The van der Waals surface area contributed by atoms with Gasteiger partial charge in [0.15, 0.2) is 9.84 Å². The van der Waals surface area contributed by atoms with Crippen LogP contribution in [0.3, 0.4) is 0 Å². The standard InChI is InChI=1S/C22H30N2O5S/c1-15(2)18-9-17(10-19(12-18)30(3,28)29)13-24(22(26)27)14-21(25)20(23)11-16-7-5-4-6-8-16/h4-10,12,15,20-21,25H,11,13-14,23H2,1-3H3,(H,26,27)/t20-,21+/m0/s1. The van der Waals surface area contributed by atoms with Gasteiger partial charge >= 0.3 is 6.09 Å². The second-order valence-electron chi connectivity index (χ2n) is 7.92. The molecule has 4 N–H and O–H groups in total. The first-order chi connectivity index (χ1) is 14.0. The van der Waals surface area contributed by atoms with Gasteiger partial charge in [0.1, 0.15) is 0 Å². The maximum atomic E-state index is 12.0. The molecule has 30 heavy (non-hydrogen) atoms. The fourth-order valence-corrected chi connectivity index (χ4v) is 3.85. The number of carbonyl (C=O) groups is 1. The highest BCUT2D eigenvalue weighted by atomic mass is 32.2. The van der Waals surface area contributed by atoms with E-state index in [0.717, 1.165) is 22.3 Å². The molecule has 0 saturated heterocycles. The molecule has 0 unspecified atom stereocenters. The lowest BCUT2D eigenvalue weighted by atomic mass is 10.00. The van der Waals surface area contributed by atoms with Gasteiger partial charge in [-0.15, -0.1) is 0 Å². The van der Waals surface area contributed by atoms with Gasteiger partial charge in [0.2, 0.25) is 0 Å². The van der Waals surface area contributed by atoms with Crippen LogP contribution in [0.5, 0.6) is 0 Å². The molecule has 0 heterocycles. The van der Waals surface area contributed by atoms with Gasteiger partial charge < -0.3 is 20.8 Å². The second kappa shape index (κ2) is 10.1. The molecular formula is C22H30N2O5S. The summed E-state index contributed by atoms with van der Waals surface area (Å²) in [5.74, 6) is 0.0774. The molecular weight excluding hydrogens is 404 g/mol. The third-order valence-electron chi connectivity index (χ3n) is 4.94. The molecule has 164 valence electrons. The highest BCUT2D eigenvalue weighted by Crippen LogP contribution is 2.23. The minimum Gasteiger partial charge on any atom is -0.465 e. The van der Waals surface area contributed by atoms with Crippen molar-refractivity contribution in [3.63, 3.8) is 0 Å². The number of aliphatic hydroxyl groups is 1. The van der Waals surface area contributed by atoms with Crippen molar-refractivity contribution in [2.24, 2.45) is 5.73 Å². The highest BCUT2D eigenvalue weighted by Gasteiger charge is 2.23. The molecule has 1 amide bonds. The average Bonchev–Trinajstić information content (AvgIpc) is 2.67. The summed E-state index contributed by atoms with van der Waals surface area (Å²) >= 11 is 0. The first-order valence-corrected chi connectivity index (χ1v) is 11.7. The van der Waals surface area contributed by atoms with E-state index < -0.39 is 28.1 Å². The SMILES string of the molecule is CC(C)c1cc(CN(C[C@@H](O)[C@@H](N)Cc2ccccc2)C(=O)O)cc(S(C)(=O)=O)c1. The number of nitrogens with two attached hydrogens (primary N) is 1. The van der Waals surface area contributed by atoms with Crippen molar-refractivity contribution in [3.8, 4) is 0 Å². The first-order valence-electron chi connectivity index (χ1n) is 9.76. The summed E-state index contributed by atoms with van der Waals surface area (Å²) in [6, 6.07) is 13.7. The largest absolute Gasteiger partial charge is 0.465 e. The minimum absolute atomic E-state index is 0.0481. The molecule has 2 rings (SSSR count). The Balaban J connectivity index is 2.19. The zero-order chi connectivity index (χ0) is 22.5. The van der Waals surface area contributed by atoms with Crippen LogP contribution >= 0.6 is 0 Å². The number of sulfone groups is 1. The lowest BCUT2D eigenvalue weighted by Gasteiger charge is -2.26. The van der Waals surface area contributed by atoms with Gasteiger partial charge in [-0.05, 0) is 41.2 Å². The van der Waals surface area contributed by atoms with Crippen LogP contribution in [0.1, 0.15) is 36.5 Å². The summed E-state index contributed by atoms with van der Waals surface area (Å²) < 4.78 is 24.1. The maximum absolute atomic E-state index is 12.0. The van der Waals surface area contributed by atoms with E-state index in [1.807, 2.05) is 44.2 Å².